The van der Waals surface area contributed by atoms with Gasteiger partial charge in [0.05, 0.1) is 29.7 Å². The summed E-state index contributed by atoms with van der Waals surface area (Å²) in [7, 11) is 0.123. The van der Waals surface area contributed by atoms with Gasteiger partial charge in [-0.2, -0.15) is 0 Å². The number of carbonyl (C=O) groups is 2. The summed E-state index contributed by atoms with van der Waals surface area (Å²) in [5.41, 5.74) is 0.616. The molecular formula is C19H23N3O5S. The third kappa shape index (κ3) is 3.95. The first kappa shape index (κ1) is 20.1. The molecule has 0 saturated carbocycles. The summed E-state index contributed by atoms with van der Waals surface area (Å²) in [5.74, 6) is -0.782. The first-order chi connectivity index (χ1) is 13.2. The average molecular weight is 405 g/mol. The zero-order valence-electron chi connectivity index (χ0n) is 16.0. The quantitative estimate of drug-likeness (QED) is 0.784. The predicted octanol–water partition coefficient (Wildman–Crippen LogP) is 1.62. The van der Waals surface area contributed by atoms with Gasteiger partial charge in [-0.3, -0.25) is 14.5 Å². The number of rotatable bonds is 6. The lowest BCUT2D eigenvalue weighted by Gasteiger charge is -2.22. The summed E-state index contributed by atoms with van der Waals surface area (Å²) in [6.45, 7) is 1.93. The van der Waals surface area contributed by atoms with Crippen LogP contribution in [0.2, 0.25) is 0 Å². The molecule has 0 spiro atoms. The van der Waals surface area contributed by atoms with Crippen LogP contribution in [0.3, 0.4) is 0 Å². The molecule has 3 rings (SSSR count). The first-order valence-corrected chi connectivity index (χ1v) is 10.5. The molecule has 0 bridgehead atoms. The Bertz CT molecular complexity index is 952. The molecule has 1 aromatic heterocycles. The summed E-state index contributed by atoms with van der Waals surface area (Å²) in [6.07, 6.45) is 1.58. The maximum atomic E-state index is 12.5. The van der Waals surface area contributed by atoms with Crippen molar-refractivity contribution in [1.29, 1.82) is 0 Å². The fourth-order valence-electron chi connectivity index (χ4n) is 3.14. The minimum Gasteiger partial charge on any atom is -0.468 e. The number of hydrogen-bond acceptors (Lipinski definition) is 6. The van der Waals surface area contributed by atoms with Crippen LogP contribution in [-0.2, 0) is 14.8 Å². The van der Waals surface area contributed by atoms with Crippen LogP contribution in [0, 0.1) is 5.92 Å². The molecule has 1 aliphatic heterocycles. The van der Waals surface area contributed by atoms with Crippen LogP contribution < -0.4 is 9.62 Å². The normalized spacial score (nSPS) is 19.8. The lowest BCUT2D eigenvalue weighted by molar-refractivity contribution is -0.119. The summed E-state index contributed by atoms with van der Waals surface area (Å²) in [4.78, 5) is 26.5. The third-order valence-corrected chi connectivity index (χ3v) is 6.54. The van der Waals surface area contributed by atoms with Gasteiger partial charge >= 0.3 is 0 Å². The topological polar surface area (TPSA) is 99.9 Å². The minimum absolute atomic E-state index is 0.118. The second-order valence-corrected chi connectivity index (χ2v) is 8.90. The predicted molar refractivity (Wildman–Crippen MR) is 104 cm³/mol. The highest BCUT2D eigenvalue weighted by molar-refractivity contribution is 7.94. The van der Waals surface area contributed by atoms with Gasteiger partial charge in [0.25, 0.3) is 5.91 Å². The molecular weight excluding hydrogens is 382 g/mol. The summed E-state index contributed by atoms with van der Waals surface area (Å²) < 4.78 is 30.6. The number of sulfonamides is 1. The molecule has 1 N–H and O–H groups in total. The summed E-state index contributed by atoms with van der Waals surface area (Å²) in [5, 5.41) is 2.85. The molecule has 1 fully saturated rings. The SMILES string of the molecule is CC1CS(=O)(=O)N(c2ccc(C(=O)NCC(c3ccco3)N(C)C)cc2)C1=O. The Balaban J connectivity index is 1.70. The van der Waals surface area contributed by atoms with Crippen LogP contribution in [0.5, 0.6) is 0 Å². The van der Waals surface area contributed by atoms with Gasteiger partial charge in [0, 0.05) is 12.1 Å². The highest BCUT2D eigenvalue weighted by Crippen LogP contribution is 2.28. The van der Waals surface area contributed by atoms with Crippen LogP contribution in [0.4, 0.5) is 5.69 Å². The average Bonchev–Trinajstić information content (AvgIpc) is 3.22. The van der Waals surface area contributed by atoms with Crippen molar-refractivity contribution in [2.75, 3.05) is 30.7 Å². The number of anilines is 1. The van der Waals surface area contributed by atoms with E-state index in [1.165, 1.54) is 24.3 Å². The number of furan rings is 1. The van der Waals surface area contributed by atoms with Gasteiger partial charge in [0.2, 0.25) is 15.9 Å². The summed E-state index contributed by atoms with van der Waals surface area (Å²) >= 11 is 0. The number of likely N-dealkylation sites (N-methyl/N-ethyl adjacent to an activating group) is 1. The van der Waals surface area contributed by atoms with Crippen molar-refractivity contribution in [1.82, 2.24) is 10.2 Å². The molecule has 0 radical (unpaired) electrons. The van der Waals surface area contributed by atoms with E-state index in [4.69, 9.17) is 4.42 Å². The van der Waals surface area contributed by atoms with Gasteiger partial charge in [-0.05, 0) is 50.5 Å². The van der Waals surface area contributed by atoms with Gasteiger partial charge in [0.1, 0.15) is 5.76 Å². The fraction of sp³-hybridized carbons (Fsp3) is 0.368. The van der Waals surface area contributed by atoms with E-state index in [-0.39, 0.29) is 23.4 Å². The van der Waals surface area contributed by atoms with E-state index in [0.29, 0.717) is 12.1 Å². The van der Waals surface area contributed by atoms with Gasteiger partial charge in [-0.1, -0.05) is 6.92 Å². The van der Waals surface area contributed by atoms with Crippen molar-refractivity contribution in [3.8, 4) is 0 Å². The Hall–Kier alpha value is -2.65. The van der Waals surface area contributed by atoms with Crippen molar-refractivity contribution >= 4 is 27.5 Å². The van der Waals surface area contributed by atoms with Crippen molar-refractivity contribution < 1.29 is 22.4 Å². The molecule has 0 aliphatic carbocycles. The van der Waals surface area contributed by atoms with Gasteiger partial charge < -0.3 is 9.73 Å². The van der Waals surface area contributed by atoms with Crippen LogP contribution in [0.15, 0.2) is 47.1 Å². The second kappa shape index (κ2) is 7.76. The molecule has 1 aromatic carbocycles. The molecule has 8 nitrogen and oxygen atoms in total. The van der Waals surface area contributed by atoms with E-state index in [1.807, 2.05) is 25.1 Å². The summed E-state index contributed by atoms with van der Waals surface area (Å²) in [6, 6.07) is 9.48. The Kier molecular flexibility index (Phi) is 5.57. The monoisotopic (exact) mass is 405 g/mol. The highest BCUT2D eigenvalue weighted by Gasteiger charge is 2.41. The van der Waals surface area contributed by atoms with Crippen molar-refractivity contribution in [2.45, 2.75) is 13.0 Å². The number of nitrogens with one attached hydrogen (secondary N) is 1. The Morgan fingerprint density at radius 2 is 1.96 bits per heavy atom. The van der Waals surface area contributed by atoms with E-state index < -0.39 is 21.8 Å². The molecule has 1 aliphatic rings. The second-order valence-electron chi connectivity index (χ2n) is 7.03. The Labute approximate surface area is 164 Å². The lowest BCUT2D eigenvalue weighted by Crippen LogP contribution is -2.34. The van der Waals surface area contributed by atoms with Crippen LogP contribution in [-0.4, -0.2) is 51.5 Å². The number of amides is 2. The van der Waals surface area contributed by atoms with Gasteiger partial charge in [-0.25, -0.2) is 12.7 Å². The maximum absolute atomic E-state index is 12.5. The van der Waals surface area contributed by atoms with Crippen LogP contribution in [0.1, 0.15) is 29.1 Å². The van der Waals surface area contributed by atoms with Crippen molar-refractivity contribution in [3.05, 3.63) is 54.0 Å². The Morgan fingerprint density at radius 1 is 1.29 bits per heavy atom. The molecule has 9 heteroatoms. The van der Waals surface area contributed by atoms with Crippen LogP contribution >= 0.6 is 0 Å². The number of nitrogens with zero attached hydrogens (tertiary/aromatic N) is 2. The molecule has 1 saturated heterocycles. The molecule has 150 valence electrons. The van der Waals surface area contributed by atoms with Crippen LogP contribution in [0.25, 0.3) is 0 Å². The lowest BCUT2D eigenvalue weighted by atomic mass is 10.1. The zero-order valence-corrected chi connectivity index (χ0v) is 16.8. The first-order valence-electron chi connectivity index (χ1n) is 8.85. The standard InChI is InChI=1S/C19H23N3O5S/c1-13-12-28(25,26)22(19(13)24)15-8-6-14(7-9-15)18(23)20-11-16(21(2)3)17-5-4-10-27-17/h4-10,13,16H,11-12H2,1-3H3,(H,20,23). The molecule has 2 aromatic rings. The molecule has 2 heterocycles. The number of hydrogen-bond donors (Lipinski definition) is 1. The van der Waals surface area contributed by atoms with Gasteiger partial charge in [0.15, 0.2) is 0 Å². The van der Waals surface area contributed by atoms with E-state index in [1.54, 1.807) is 19.3 Å². The van der Waals surface area contributed by atoms with E-state index in [2.05, 4.69) is 5.32 Å². The fourth-order valence-corrected chi connectivity index (χ4v) is 4.97. The molecule has 2 unspecified atom stereocenters. The van der Waals surface area contributed by atoms with E-state index in [0.717, 1.165) is 10.1 Å². The third-order valence-electron chi connectivity index (χ3n) is 4.68. The number of carbonyl (C=O) groups excluding carboxylic acids is 2. The smallest absolute Gasteiger partial charge is 0.251 e. The molecule has 2 atom stereocenters. The van der Waals surface area contributed by atoms with Crippen molar-refractivity contribution in [3.63, 3.8) is 0 Å². The van der Waals surface area contributed by atoms with E-state index >= 15 is 0 Å². The minimum atomic E-state index is -3.66. The largest absolute Gasteiger partial charge is 0.468 e. The highest BCUT2D eigenvalue weighted by atomic mass is 32.2. The Morgan fingerprint density at radius 3 is 2.46 bits per heavy atom. The van der Waals surface area contributed by atoms with E-state index in [9.17, 15) is 18.0 Å². The molecule has 28 heavy (non-hydrogen) atoms. The van der Waals surface area contributed by atoms with Gasteiger partial charge in [-0.15, -0.1) is 0 Å². The molecule has 2 amide bonds. The zero-order chi connectivity index (χ0) is 20.5. The number of benzene rings is 1. The maximum Gasteiger partial charge on any atom is 0.251 e. The van der Waals surface area contributed by atoms with Crippen molar-refractivity contribution in [2.24, 2.45) is 5.92 Å².